The van der Waals surface area contributed by atoms with Crippen LogP contribution < -0.4 is 19.7 Å². The Balaban J connectivity index is 2.04. The topological polar surface area (TPSA) is 109 Å². The van der Waals surface area contributed by atoms with Crippen molar-refractivity contribution in [2.45, 2.75) is 20.8 Å². The van der Waals surface area contributed by atoms with E-state index < -0.39 is 17.8 Å². The average molecular weight is 498 g/mol. The molecule has 0 unspecified atom stereocenters. The number of hydrogen-bond donors (Lipinski definition) is 1. The molecular formula is C23H20BrN3O5. The van der Waals surface area contributed by atoms with Crippen LogP contribution in [0.15, 0.2) is 40.4 Å². The summed E-state index contributed by atoms with van der Waals surface area (Å²) in [5.41, 5.74) is 2.39. The SMILES string of the molecule is CCOc1cc(/C=C2\C(=O)NC(=O)N(c3cc(C)cc(C)c3)C2=O)cc(Br)c1OCC#N. The summed E-state index contributed by atoms with van der Waals surface area (Å²) < 4.78 is 11.5. The van der Waals surface area contributed by atoms with Gasteiger partial charge < -0.3 is 9.47 Å². The van der Waals surface area contributed by atoms with E-state index in [9.17, 15) is 14.4 Å². The molecule has 2 aromatic carbocycles. The van der Waals surface area contributed by atoms with E-state index >= 15 is 0 Å². The van der Waals surface area contributed by atoms with Crippen molar-refractivity contribution in [2.75, 3.05) is 18.1 Å². The van der Waals surface area contributed by atoms with Crippen LogP contribution in [0.4, 0.5) is 10.5 Å². The fraction of sp³-hybridized carbons (Fsp3) is 0.217. The summed E-state index contributed by atoms with van der Waals surface area (Å²) in [6, 6.07) is 9.61. The first-order valence-corrected chi connectivity index (χ1v) is 10.5. The van der Waals surface area contributed by atoms with E-state index in [1.165, 1.54) is 6.08 Å². The summed E-state index contributed by atoms with van der Waals surface area (Å²) >= 11 is 3.37. The molecule has 9 heteroatoms. The number of carbonyl (C=O) groups is 3. The van der Waals surface area contributed by atoms with Crippen molar-refractivity contribution in [1.82, 2.24) is 5.32 Å². The van der Waals surface area contributed by atoms with E-state index in [2.05, 4.69) is 21.2 Å². The lowest BCUT2D eigenvalue weighted by atomic mass is 10.0. The van der Waals surface area contributed by atoms with Crippen molar-refractivity contribution in [3.8, 4) is 17.6 Å². The molecule has 3 rings (SSSR count). The number of hydrogen-bond acceptors (Lipinski definition) is 6. The molecule has 8 nitrogen and oxygen atoms in total. The summed E-state index contributed by atoms with van der Waals surface area (Å²) in [6.45, 7) is 5.66. The Kier molecular flexibility index (Phi) is 6.95. The molecule has 1 saturated heterocycles. The van der Waals surface area contributed by atoms with Crippen LogP contribution in [-0.4, -0.2) is 31.1 Å². The molecule has 1 aliphatic heterocycles. The second-order valence-corrected chi connectivity index (χ2v) is 7.87. The number of carbonyl (C=O) groups excluding carboxylic acids is 3. The van der Waals surface area contributed by atoms with E-state index in [0.717, 1.165) is 16.0 Å². The summed E-state index contributed by atoms with van der Waals surface area (Å²) in [6.07, 6.45) is 1.38. The van der Waals surface area contributed by atoms with Crippen molar-refractivity contribution >= 4 is 45.5 Å². The van der Waals surface area contributed by atoms with Gasteiger partial charge in [0.1, 0.15) is 11.6 Å². The second kappa shape index (κ2) is 9.66. The highest BCUT2D eigenvalue weighted by atomic mass is 79.9. The number of nitriles is 1. The fourth-order valence-electron chi connectivity index (χ4n) is 3.32. The first-order chi connectivity index (χ1) is 15.2. The zero-order valence-corrected chi connectivity index (χ0v) is 19.3. The van der Waals surface area contributed by atoms with E-state index in [1.54, 1.807) is 31.2 Å². The Labute approximate surface area is 193 Å². The number of nitrogens with one attached hydrogen (secondary N) is 1. The van der Waals surface area contributed by atoms with Crippen molar-refractivity contribution in [1.29, 1.82) is 5.26 Å². The summed E-state index contributed by atoms with van der Waals surface area (Å²) in [7, 11) is 0. The summed E-state index contributed by atoms with van der Waals surface area (Å²) in [5.74, 6) is -0.848. The predicted molar refractivity (Wildman–Crippen MR) is 121 cm³/mol. The number of barbiturate groups is 1. The van der Waals surface area contributed by atoms with Crippen molar-refractivity contribution < 1.29 is 23.9 Å². The van der Waals surface area contributed by atoms with Gasteiger partial charge in [0.15, 0.2) is 18.1 Å². The van der Waals surface area contributed by atoms with Crippen LogP contribution in [0.3, 0.4) is 0 Å². The van der Waals surface area contributed by atoms with E-state index in [-0.39, 0.29) is 12.2 Å². The highest BCUT2D eigenvalue weighted by Gasteiger charge is 2.37. The number of benzene rings is 2. The van der Waals surface area contributed by atoms with Crippen molar-refractivity contribution in [2.24, 2.45) is 0 Å². The third-order valence-corrected chi connectivity index (χ3v) is 5.08. The Morgan fingerprint density at radius 2 is 1.78 bits per heavy atom. The molecule has 164 valence electrons. The highest BCUT2D eigenvalue weighted by molar-refractivity contribution is 9.10. The number of imide groups is 2. The minimum Gasteiger partial charge on any atom is -0.490 e. The lowest BCUT2D eigenvalue weighted by Crippen LogP contribution is -2.54. The Morgan fingerprint density at radius 3 is 2.41 bits per heavy atom. The van der Waals surface area contributed by atoms with Gasteiger partial charge in [-0.05, 0) is 83.7 Å². The minimum absolute atomic E-state index is 0.174. The van der Waals surface area contributed by atoms with Gasteiger partial charge in [-0.2, -0.15) is 5.26 Å². The summed E-state index contributed by atoms with van der Waals surface area (Å²) in [5, 5.41) is 11.0. The zero-order chi connectivity index (χ0) is 23.4. The number of ether oxygens (including phenoxy) is 2. The van der Waals surface area contributed by atoms with Crippen LogP contribution in [0, 0.1) is 25.2 Å². The molecule has 0 spiro atoms. The molecule has 0 bridgehead atoms. The number of halogens is 1. The average Bonchev–Trinajstić information content (AvgIpc) is 2.70. The van der Waals surface area contributed by atoms with Gasteiger partial charge in [-0.3, -0.25) is 14.9 Å². The van der Waals surface area contributed by atoms with Gasteiger partial charge in [0.25, 0.3) is 11.8 Å². The fourth-order valence-corrected chi connectivity index (χ4v) is 3.89. The number of aryl methyl sites for hydroxylation is 2. The van der Waals surface area contributed by atoms with Crippen molar-refractivity contribution in [3.05, 3.63) is 57.1 Å². The molecule has 0 aliphatic carbocycles. The first kappa shape index (κ1) is 23.0. The second-order valence-electron chi connectivity index (χ2n) is 7.01. The van der Waals surface area contributed by atoms with Crippen LogP contribution in [0.25, 0.3) is 6.08 Å². The van der Waals surface area contributed by atoms with Gasteiger partial charge >= 0.3 is 6.03 Å². The standard InChI is InChI=1S/C23H20BrN3O5/c1-4-31-19-12-15(11-18(24)20(19)32-6-5-25)10-17-21(28)26-23(30)27(22(17)29)16-8-13(2)7-14(3)9-16/h7-12H,4,6H2,1-3H3,(H,26,28,30)/b17-10+. The molecule has 32 heavy (non-hydrogen) atoms. The van der Waals surface area contributed by atoms with E-state index in [1.807, 2.05) is 26.0 Å². The molecule has 4 amide bonds. The molecule has 1 heterocycles. The van der Waals surface area contributed by atoms with Gasteiger partial charge in [0.2, 0.25) is 0 Å². The summed E-state index contributed by atoms with van der Waals surface area (Å²) in [4.78, 5) is 39.0. The molecule has 1 fully saturated rings. The first-order valence-electron chi connectivity index (χ1n) is 9.71. The molecule has 0 atom stereocenters. The lowest BCUT2D eigenvalue weighted by Gasteiger charge is -2.27. The van der Waals surface area contributed by atoms with Gasteiger partial charge in [0, 0.05) is 0 Å². The Bertz CT molecular complexity index is 1160. The smallest absolute Gasteiger partial charge is 0.335 e. The van der Waals surface area contributed by atoms with Crippen LogP contribution in [0.1, 0.15) is 23.6 Å². The molecule has 1 aliphatic rings. The lowest BCUT2D eigenvalue weighted by molar-refractivity contribution is -0.122. The quantitative estimate of drug-likeness (QED) is 0.476. The van der Waals surface area contributed by atoms with Crippen LogP contribution in [0.5, 0.6) is 11.5 Å². The van der Waals surface area contributed by atoms with Crippen LogP contribution >= 0.6 is 15.9 Å². The van der Waals surface area contributed by atoms with Gasteiger partial charge in [-0.15, -0.1) is 0 Å². The third-order valence-electron chi connectivity index (χ3n) is 4.49. The Morgan fingerprint density at radius 1 is 1.09 bits per heavy atom. The maximum Gasteiger partial charge on any atom is 0.335 e. The number of nitrogens with zero attached hydrogens (tertiary/aromatic N) is 2. The monoisotopic (exact) mass is 497 g/mol. The maximum atomic E-state index is 13.1. The predicted octanol–water partition coefficient (Wildman–Crippen LogP) is 4.03. The molecule has 0 saturated carbocycles. The highest BCUT2D eigenvalue weighted by Crippen LogP contribution is 2.38. The van der Waals surface area contributed by atoms with Gasteiger partial charge in [-0.25, -0.2) is 9.69 Å². The normalized spacial score (nSPS) is 14.9. The van der Waals surface area contributed by atoms with Crippen LogP contribution in [0.2, 0.25) is 0 Å². The minimum atomic E-state index is -0.807. The Hall–Kier alpha value is -3.64. The number of rotatable bonds is 6. The largest absolute Gasteiger partial charge is 0.490 e. The van der Waals surface area contributed by atoms with Crippen molar-refractivity contribution in [3.63, 3.8) is 0 Å². The maximum absolute atomic E-state index is 13.1. The number of amides is 4. The molecule has 2 aromatic rings. The third kappa shape index (κ3) is 4.81. The number of urea groups is 1. The molecule has 0 radical (unpaired) electrons. The van der Waals surface area contributed by atoms with Crippen LogP contribution in [-0.2, 0) is 9.59 Å². The molecular weight excluding hydrogens is 478 g/mol. The van der Waals surface area contributed by atoms with Gasteiger partial charge in [0.05, 0.1) is 16.8 Å². The molecule has 1 N–H and O–H groups in total. The van der Waals surface area contributed by atoms with E-state index in [4.69, 9.17) is 14.7 Å². The van der Waals surface area contributed by atoms with E-state index in [0.29, 0.717) is 33.8 Å². The molecule has 0 aromatic heterocycles. The zero-order valence-electron chi connectivity index (χ0n) is 17.7. The number of anilines is 1. The van der Waals surface area contributed by atoms with Gasteiger partial charge in [-0.1, -0.05) is 6.07 Å².